The molecule has 17 heavy (non-hydrogen) atoms. The molecule has 1 aromatic heterocycles. The molecule has 1 heterocycles. The second-order valence-corrected chi connectivity index (χ2v) is 7.22. The normalized spacial score (nSPS) is 12.9. The van der Waals surface area contributed by atoms with E-state index in [4.69, 9.17) is 0 Å². The zero-order chi connectivity index (χ0) is 13.2. The average molecular weight is 272 g/mol. The lowest BCUT2D eigenvalue weighted by molar-refractivity contribution is -0.130. The molecule has 0 bridgehead atoms. The van der Waals surface area contributed by atoms with Crippen LogP contribution in [0.3, 0.4) is 0 Å². The first kappa shape index (κ1) is 14.5. The maximum absolute atomic E-state index is 12.1. The third-order valence-electron chi connectivity index (χ3n) is 2.76. The molecule has 1 amide bonds. The van der Waals surface area contributed by atoms with Crippen LogP contribution >= 0.6 is 23.1 Å². The number of aryl methyl sites for hydroxylation is 2. The Kier molecular flexibility index (Phi) is 5.01. The smallest absolute Gasteiger partial charge is 0.235 e. The summed E-state index contributed by atoms with van der Waals surface area (Å²) in [5, 5.41) is -0.0765. The number of thioether (sulfide) groups is 1. The molecule has 0 fully saturated rings. The Labute approximate surface area is 112 Å². The average Bonchev–Trinajstić information content (AvgIpc) is 2.55. The zero-order valence-corrected chi connectivity index (χ0v) is 12.9. The Morgan fingerprint density at radius 2 is 1.94 bits per heavy atom. The van der Waals surface area contributed by atoms with E-state index in [1.807, 2.05) is 34.7 Å². The quantitative estimate of drug-likeness (QED) is 0.790. The Morgan fingerprint density at radius 1 is 1.35 bits per heavy atom. The molecule has 0 saturated carbocycles. The number of rotatable bonds is 4. The highest BCUT2D eigenvalue weighted by Crippen LogP contribution is 2.30. The van der Waals surface area contributed by atoms with Crippen molar-refractivity contribution in [3.63, 3.8) is 0 Å². The molecule has 1 unspecified atom stereocenters. The summed E-state index contributed by atoms with van der Waals surface area (Å²) in [7, 11) is 1.85. The van der Waals surface area contributed by atoms with E-state index in [0.29, 0.717) is 0 Å². The number of nitrogens with zero attached hydrogens (tertiary/aromatic N) is 2. The van der Waals surface area contributed by atoms with Gasteiger partial charge in [-0.3, -0.25) is 4.79 Å². The molecule has 0 saturated heterocycles. The minimum atomic E-state index is -0.0765. The number of aromatic nitrogens is 1. The molecule has 0 N–H and O–H groups in total. The maximum atomic E-state index is 12.1. The van der Waals surface area contributed by atoms with Gasteiger partial charge in [-0.15, -0.1) is 11.3 Å². The number of amides is 1. The van der Waals surface area contributed by atoms with Crippen LogP contribution in [0.2, 0.25) is 0 Å². The zero-order valence-electron chi connectivity index (χ0n) is 11.3. The fourth-order valence-corrected chi connectivity index (χ4v) is 3.63. The number of hydrogen-bond donors (Lipinski definition) is 0. The molecule has 0 aliphatic rings. The van der Waals surface area contributed by atoms with E-state index < -0.39 is 0 Å². The molecular formula is C12H20N2OS2. The van der Waals surface area contributed by atoms with E-state index in [0.717, 1.165) is 10.0 Å². The minimum absolute atomic E-state index is 0.0765. The van der Waals surface area contributed by atoms with Crippen molar-refractivity contribution in [2.75, 3.05) is 7.05 Å². The molecule has 5 heteroatoms. The second kappa shape index (κ2) is 5.87. The van der Waals surface area contributed by atoms with E-state index in [9.17, 15) is 4.79 Å². The van der Waals surface area contributed by atoms with Crippen LogP contribution in [0.15, 0.2) is 4.34 Å². The lowest BCUT2D eigenvalue weighted by Gasteiger charge is -2.24. The summed E-state index contributed by atoms with van der Waals surface area (Å²) in [6.07, 6.45) is 0. The minimum Gasteiger partial charge on any atom is -0.342 e. The first-order chi connectivity index (χ1) is 7.82. The lowest BCUT2D eigenvalue weighted by Crippen LogP contribution is -2.38. The van der Waals surface area contributed by atoms with Gasteiger partial charge in [0.15, 0.2) is 4.34 Å². The molecule has 1 aromatic rings. The van der Waals surface area contributed by atoms with Crippen LogP contribution in [0.1, 0.15) is 31.3 Å². The van der Waals surface area contributed by atoms with Gasteiger partial charge in [0.05, 0.1) is 10.9 Å². The highest BCUT2D eigenvalue weighted by atomic mass is 32.2. The molecule has 3 nitrogen and oxygen atoms in total. The van der Waals surface area contributed by atoms with Crippen LogP contribution in [0.25, 0.3) is 0 Å². The monoisotopic (exact) mass is 272 g/mol. The standard InChI is InChI=1S/C12H20N2OS2/c1-7(2)14(6)11(15)10(5)17-12-13-8(3)9(4)16-12/h7,10H,1-6H3. The summed E-state index contributed by atoms with van der Waals surface area (Å²) in [5.74, 6) is 0.163. The van der Waals surface area contributed by atoms with Gasteiger partial charge >= 0.3 is 0 Å². The SMILES string of the molecule is Cc1nc(SC(C)C(=O)N(C)C(C)C)sc1C. The third-order valence-corrected chi connectivity index (χ3v) is 5.01. The van der Waals surface area contributed by atoms with Crippen molar-refractivity contribution < 1.29 is 4.79 Å². The molecule has 1 atom stereocenters. The summed E-state index contributed by atoms with van der Waals surface area (Å²) in [6, 6.07) is 0.241. The fraction of sp³-hybridized carbons (Fsp3) is 0.667. The van der Waals surface area contributed by atoms with Crippen molar-refractivity contribution in [1.82, 2.24) is 9.88 Å². The van der Waals surface area contributed by atoms with Gasteiger partial charge in [0.2, 0.25) is 5.91 Å². The third kappa shape index (κ3) is 3.71. The summed E-state index contributed by atoms with van der Waals surface area (Å²) in [5.41, 5.74) is 1.06. The van der Waals surface area contributed by atoms with Gasteiger partial charge in [0.1, 0.15) is 0 Å². The molecule has 0 radical (unpaired) electrons. The van der Waals surface area contributed by atoms with Crippen molar-refractivity contribution in [2.24, 2.45) is 0 Å². The Morgan fingerprint density at radius 3 is 2.35 bits per heavy atom. The van der Waals surface area contributed by atoms with Crippen molar-refractivity contribution >= 4 is 29.0 Å². The number of hydrogen-bond acceptors (Lipinski definition) is 4. The van der Waals surface area contributed by atoms with Gasteiger partial charge in [-0.2, -0.15) is 0 Å². The van der Waals surface area contributed by atoms with E-state index in [2.05, 4.69) is 11.9 Å². The summed E-state index contributed by atoms with van der Waals surface area (Å²) < 4.78 is 0.984. The fourth-order valence-electron chi connectivity index (χ4n) is 1.24. The van der Waals surface area contributed by atoms with Crippen LogP contribution in [0.5, 0.6) is 0 Å². The van der Waals surface area contributed by atoms with E-state index >= 15 is 0 Å². The van der Waals surface area contributed by atoms with Gasteiger partial charge in [-0.05, 0) is 34.6 Å². The molecule has 1 rings (SSSR count). The highest BCUT2D eigenvalue weighted by molar-refractivity contribution is 8.02. The van der Waals surface area contributed by atoms with Gasteiger partial charge in [0, 0.05) is 18.0 Å². The molecule has 0 aromatic carbocycles. The second-order valence-electron chi connectivity index (χ2n) is 4.42. The largest absolute Gasteiger partial charge is 0.342 e. The first-order valence-corrected chi connectivity index (χ1v) is 7.40. The number of thiazole rings is 1. The van der Waals surface area contributed by atoms with Gasteiger partial charge in [-0.1, -0.05) is 11.8 Å². The van der Waals surface area contributed by atoms with Crippen LogP contribution in [0, 0.1) is 13.8 Å². The van der Waals surface area contributed by atoms with E-state index in [-0.39, 0.29) is 17.2 Å². The van der Waals surface area contributed by atoms with Crippen LogP contribution in [-0.2, 0) is 4.79 Å². The van der Waals surface area contributed by atoms with E-state index in [1.54, 1.807) is 28.0 Å². The lowest BCUT2D eigenvalue weighted by atomic mass is 10.3. The van der Waals surface area contributed by atoms with E-state index in [1.165, 1.54) is 4.88 Å². The van der Waals surface area contributed by atoms with Crippen LogP contribution in [0.4, 0.5) is 0 Å². The van der Waals surface area contributed by atoms with Crippen LogP contribution in [-0.4, -0.2) is 34.1 Å². The van der Waals surface area contributed by atoms with Gasteiger partial charge in [-0.25, -0.2) is 4.98 Å². The van der Waals surface area contributed by atoms with Crippen LogP contribution < -0.4 is 0 Å². The Bertz CT molecular complexity index is 382. The van der Waals surface area contributed by atoms with Gasteiger partial charge < -0.3 is 4.90 Å². The topological polar surface area (TPSA) is 33.2 Å². The molecule has 96 valence electrons. The van der Waals surface area contributed by atoms with Crippen molar-refractivity contribution in [3.8, 4) is 0 Å². The van der Waals surface area contributed by atoms with Crippen molar-refractivity contribution in [3.05, 3.63) is 10.6 Å². The molecule has 0 aliphatic carbocycles. The molecule has 0 spiro atoms. The predicted octanol–water partition coefficient (Wildman–Crippen LogP) is 3.11. The number of carbonyl (C=O) groups is 1. The highest BCUT2D eigenvalue weighted by Gasteiger charge is 2.21. The maximum Gasteiger partial charge on any atom is 0.235 e. The predicted molar refractivity (Wildman–Crippen MR) is 74.8 cm³/mol. The van der Waals surface area contributed by atoms with Gasteiger partial charge in [0.25, 0.3) is 0 Å². The summed E-state index contributed by atoms with van der Waals surface area (Å²) in [6.45, 7) is 10.0. The molecular weight excluding hydrogens is 252 g/mol. The number of carbonyl (C=O) groups excluding carboxylic acids is 1. The molecule has 0 aliphatic heterocycles. The summed E-state index contributed by atoms with van der Waals surface area (Å²) >= 11 is 3.21. The first-order valence-electron chi connectivity index (χ1n) is 5.70. The van der Waals surface area contributed by atoms with Crippen molar-refractivity contribution in [1.29, 1.82) is 0 Å². The Balaban J connectivity index is 2.66. The Hall–Kier alpha value is -0.550. The summed E-state index contributed by atoms with van der Waals surface area (Å²) in [4.78, 5) is 19.5. The van der Waals surface area contributed by atoms with Crippen molar-refractivity contribution in [2.45, 2.75) is 50.3 Å².